The van der Waals surface area contributed by atoms with E-state index in [1.807, 2.05) is 38.4 Å². The van der Waals surface area contributed by atoms with E-state index in [2.05, 4.69) is 53.7 Å². The zero-order valence-corrected chi connectivity index (χ0v) is 25.7. The SMILES string of the molecule is Cc1cc(C(C)(C)C)cc(C=N[C@H]2CCCC[C@@H]2N=Cc2cc(C(C)(C)C)cc(C)c2O)c1O.F[B-](F)(F)F.[Co]. The first-order valence-electron chi connectivity index (χ1n) is 13.4. The fraction of sp³-hybridized carbons (Fsp3) is 0.533. The molecule has 10 heteroatoms. The van der Waals surface area contributed by atoms with Gasteiger partial charge in [-0.3, -0.25) is 9.98 Å². The molecule has 2 aromatic carbocycles. The van der Waals surface area contributed by atoms with Gasteiger partial charge in [0.15, 0.2) is 0 Å². The van der Waals surface area contributed by atoms with Gasteiger partial charge in [-0.25, -0.2) is 0 Å². The van der Waals surface area contributed by atoms with E-state index in [4.69, 9.17) is 9.98 Å². The summed E-state index contributed by atoms with van der Waals surface area (Å²) >= 11 is 0. The number of aliphatic imine (C=N–C) groups is 2. The van der Waals surface area contributed by atoms with Gasteiger partial charge in [0.1, 0.15) is 11.5 Å². The second-order valence-electron chi connectivity index (χ2n) is 12.4. The minimum Gasteiger partial charge on any atom is -0.507 e. The zero-order chi connectivity index (χ0) is 29.8. The summed E-state index contributed by atoms with van der Waals surface area (Å²) in [6.07, 6.45) is 7.88. The summed E-state index contributed by atoms with van der Waals surface area (Å²) in [7, 11) is -6.00. The van der Waals surface area contributed by atoms with Gasteiger partial charge in [-0.1, -0.05) is 66.5 Å². The quantitative estimate of drug-likeness (QED) is 0.208. The number of phenolic OH excluding ortho intramolecular Hbond substituents is 2. The molecule has 4 nitrogen and oxygen atoms in total. The Balaban J connectivity index is 0.00000122. The molecular weight excluding hydrogens is 566 g/mol. The van der Waals surface area contributed by atoms with Crippen LogP contribution in [0.1, 0.15) is 101 Å². The van der Waals surface area contributed by atoms with Crippen LogP contribution in [0.2, 0.25) is 0 Å². The van der Waals surface area contributed by atoms with Crippen LogP contribution in [-0.4, -0.2) is 42.0 Å². The van der Waals surface area contributed by atoms with Crippen molar-refractivity contribution in [1.82, 2.24) is 0 Å². The molecule has 0 bridgehead atoms. The maximum absolute atomic E-state index is 10.6. The Morgan fingerprint density at radius 3 is 1.27 bits per heavy atom. The van der Waals surface area contributed by atoms with Crippen LogP contribution in [0, 0.1) is 13.8 Å². The Bertz CT molecular complexity index is 1110. The molecule has 0 saturated heterocycles. The third-order valence-corrected chi connectivity index (χ3v) is 6.90. The molecule has 1 aliphatic rings. The molecule has 1 aliphatic carbocycles. The maximum atomic E-state index is 10.6. The van der Waals surface area contributed by atoms with Gasteiger partial charge in [-0.2, -0.15) is 0 Å². The van der Waals surface area contributed by atoms with Crippen molar-refractivity contribution in [3.63, 3.8) is 0 Å². The van der Waals surface area contributed by atoms with Crippen LogP contribution in [-0.2, 0) is 27.6 Å². The monoisotopic (exact) mass is 608 g/mol. The number of halogens is 4. The average Bonchev–Trinajstić information content (AvgIpc) is 2.78. The van der Waals surface area contributed by atoms with E-state index in [-0.39, 0.29) is 39.7 Å². The van der Waals surface area contributed by atoms with Crippen molar-refractivity contribution in [2.24, 2.45) is 9.98 Å². The third-order valence-electron chi connectivity index (χ3n) is 6.90. The van der Waals surface area contributed by atoms with E-state index in [0.717, 1.165) is 47.9 Å². The topological polar surface area (TPSA) is 65.2 Å². The number of aromatic hydroxyl groups is 2. The van der Waals surface area contributed by atoms with Gasteiger partial charge in [-0.05, 0) is 71.9 Å². The minimum atomic E-state index is -6.00. The molecule has 0 spiro atoms. The van der Waals surface area contributed by atoms with E-state index in [9.17, 15) is 27.5 Å². The molecule has 40 heavy (non-hydrogen) atoms. The van der Waals surface area contributed by atoms with Crippen molar-refractivity contribution in [2.75, 3.05) is 0 Å². The number of hydrogen-bond acceptors (Lipinski definition) is 4. The van der Waals surface area contributed by atoms with Gasteiger partial charge in [0, 0.05) is 40.3 Å². The number of hydrogen-bond donors (Lipinski definition) is 2. The zero-order valence-electron chi connectivity index (χ0n) is 24.7. The third kappa shape index (κ3) is 10.9. The summed E-state index contributed by atoms with van der Waals surface area (Å²) in [6, 6.07) is 8.34. The molecule has 2 aromatic rings. The summed E-state index contributed by atoms with van der Waals surface area (Å²) in [5.41, 5.74) is 5.65. The van der Waals surface area contributed by atoms with Gasteiger partial charge < -0.3 is 27.5 Å². The van der Waals surface area contributed by atoms with Gasteiger partial charge in [0.2, 0.25) is 0 Å². The van der Waals surface area contributed by atoms with Gasteiger partial charge >= 0.3 is 7.25 Å². The van der Waals surface area contributed by atoms with Gasteiger partial charge in [0.25, 0.3) is 0 Å². The van der Waals surface area contributed by atoms with Crippen molar-refractivity contribution in [3.05, 3.63) is 57.6 Å². The van der Waals surface area contributed by atoms with Crippen molar-refractivity contribution >= 4 is 19.7 Å². The van der Waals surface area contributed by atoms with Crippen molar-refractivity contribution in [1.29, 1.82) is 0 Å². The Kier molecular flexibility index (Phi) is 12.5. The number of benzene rings is 2. The predicted octanol–water partition coefficient (Wildman–Crippen LogP) is 8.46. The number of phenols is 2. The summed E-state index contributed by atoms with van der Waals surface area (Å²) in [5.74, 6) is 0.596. The van der Waals surface area contributed by atoms with Crippen molar-refractivity contribution in [2.45, 2.75) is 104 Å². The summed E-state index contributed by atoms with van der Waals surface area (Å²) in [6.45, 7) is 16.9. The Labute approximate surface area is 246 Å². The number of nitrogens with zero attached hydrogens (tertiary/aromatic N) is 2. The molecule has 1 fully saturated rings. The van der Waals surface area contributed by atoms with Gasteiger partial charge in [-0.15, -0.1) is 0 Å². The largest absolute Gasteiger partial charge is 0.673 e. The average molecular weight is 608 g/mol. The molecule has 2 atom stereocenters. The maximum Gasteiger partial charge on any atom is 0.673 e. The number of rotatable bonds is 4. The first-order chi connectivity index (χ1) is 17.8. The molecule has 225 valence electrons. The Morgan fingerprint density at radius 1 is 0.700 bits per heavy atom. The molecule has 1 radical (unpaired) electrons. The molecule has 2 N–H and O–H groups in total. The standard InChI is InChI=1S/C30H42N2O2.BF4.Co/c1-19-13-23(29(3,4)5)15-21(27(19)33)17-31-25-11-9-10-12-26(25)32-18-22-16-24(30(6,7)8)14-20(2)28(22)34;2-1(3,4)5;/h13-18,25-26,33-34H,9-12H2,1-8H3;;/q;-1;/t25-,26-;;/m0../s1. The molecule has 0 heterocycles. The van der Waals surface area contributed by atoms with Crippen LogP contribution in [0.4, 0.5) is 17.3 Å². The molecule has 0 unspecified atom stereocenters. The molecule has 3 rings (SSSR count). The summed E-state index contributed by atoms with van der Waals surface area (Å²) in [5, 5.41) is 21.3. The van der Waals surface area contributed by atoms with E-state index in [1.165, 1.54) is 11.1 Å². The van der Waals surface area contributed by atoms with Gasteiger partial charge in [0.05, 0.1) is 12.1 Å². The Hall–Kier alpha value is -2.33. The normalized spacial score (nSPS) is 18.4. The second-order valence-corrected chi connectivity index (χ2v) is 12.4. The summed E-state index contributed by atoms with van der Waals surface area (Å²) < 4.78 is 39.0. The minimum absolute atomic E-state index is 0. The van der Waals surface area contributed by atoms with Crippen LogP contribution in [0.3, 0.4) is 0 Å². The molecule has 0 aromatic heterocycles. The van der Waals surface area contributed by atoms with E-state index in [0.29, 0.717) is 11.5 Å². The van der Waals surface area contributed by atoms with Crippen LogP contribution < -0.4 is 0 Å². The van der Waals surface area contributed by atoms with Crippen LogP contribution in [0.15, 0.2) is 34.3 Å². The summed E-state index contributed by atoms with van der Waals surface area (Å²) in [4.78, 5) is 9.82. The predicted molar refractivity (Wildman–Crippen MR) is 155 cm³/mol. The second kappa shape index (κ2) is 14.0. The van der Waals surface area contributed by atoms with Crippen molar-refractivity contribution < 1.29 is 44.3 Å². The van der Waals surface area contributed by atoms with Crippen molar-refractivity contribution in [3.8, 4) is 11.5 Å². The first-order valence-corrected chi connectivity index (χ1v) is 13.4. The Morgan fingerprint density at radius 2 is 1.00 bits per heavy atom. The number of aryl methyl sites for hydroxylation is 2. The van der Waals surface area contributed by atoms with Crippen LogP contribution >= 0.6 is 0 Å². The smallest absolute Gasteiger partial charge is 0.507 e. The molecule has 1 saturated carbocycles. The first kappa shape index (κ1) is 35.7. The molecule has 0 amide bonds. The van der Waals surface area contributed by atoms with E-state index in [1.54, 1.807) is 0 Å². The van der Waals surface area contributed by atoms with Crippen LogP contribution in [0.25, 0.3) is 0 Å². The molecule has 0 aliphatic heterocycles. The van der Waals surface area contributed by atoms with E-state index >= 15 is 0 Å². The molecular formula is C30H42BCoF4N2O2-. The van der Waals surface area contributed by atoms with E-state index < -0.39 is 7.25 Å². The fourth-order valence-corrected chi connectivity index (χ4v) is 4.47. The van der Waals surface area contributed by atoms with Crippen LogP contribution in [0.5, 0.6) is 11.5 Å². The fourth-order valence-electron chi connectivity index (χ4n) is 4.47.